The van der Waals surface area contributed by atoms with Gasteiger partial charge in [-0.2, -0.15) is 0 Å². The Morgan fingerprint density at radius 3 is 2.19 bits per heavy atom. The summed E-state index contributed by atoms with van der Waals surface area (Å²) in [6, 6.07) is 0.602. The Kier molecular flexibility index (Phi) is 8.84. The highest BCUT2D eigenvalue weighted by atomic mass is 15.2. The topological polar surface area (TPSA) is 18.5 Å². The van der Waals surface area contributed by atoms with Crippen molar-refractivity contribution in [3.8, 4) is 0 Å². The minimum Gasteiger partial charge on any atom is -0.314 e. The standard InChI is InChI=1S/C18H39N3/c1-6-12-21(14-13-20(4)5)16-18(15-19-17(2)3)10-8-7-9-11-18/h17,19H,6-16H2,1-5H3. The third-order valence-corrected chi connectivity index (χ3v) is 4.76. The average Bonchev–Trinajstić information content (AvgIpc) is 2.44. The third kappa shape index (κ3) is 7.62. The molecule has 1 N–H and O–H groups in total. The second-order valence-corrected chi connectivity index (χ2v) is 7.68. The molecule has 0 spiro atoms. The minimum absolute atomic E-state index is 0.518. The Morgan fingerprint density at radius 1 is 1.00 bits per heavy atom. The molecule has 1 aliphatic carbocycles. The van der Waals surface area contributed by atoms with Crippen LogP contribution in [0.4, 0.5) is 0 Å². The fourth-order valence-corrected chi connectivity index (χ4v) is 3.52. The zero-order valence-corrected chi connectivity index (χ0v) is 15.2. The van der Waals surface area contributed by atoms with Gasteiger partial charge in [0.15, 0.2) is 0 Å². The monoisotopic (exact) mass is 297 g/mol. The molecule has 21 heavy (non-hydrogen) atoms. The molecule has 0 heterocycles. The maximum absolute atomic E-state index is 3.73. The first kappa shape index (κ1) is 18.9. The van der Waals surface area contributed by atoms with Crippen molar-refractivity contribution in [3.63, 3.8) is 0 Å². The predicted molar refractivity (Wildman–Crippen MR) is 93.9 cm³/mol. The lowest BCUT2D eigenvalue weighted by Gasteiger charge is -2.42. The molecule has 1 rings (SSSR count). The molecule has 0 saturated heterocycles. The molecule has 0 aromatic heterocycles. The first-order chi connectivity index (χ1) is 9.97. The lowest BCUT2D eigenvalue weighted by molar-refractivity contribution is 0.0952. The molecule has 0 aromatic rings. The highest BCUT2D eigenvalue weighted by Gasteiger charge is 2.33. The van der Waals surface area contributed by atoms with Crippen molar-refractivity contribution < 1.29 is 0 Å². The van der Waals surface area contributed by atoms with E-state index in [-0.39, 0.29) is 0 Å². The van der Waals surface area contributed by atoms with Gasteiger partial charge in [-0.15, -0.1) is 0 Å². The van der Waals surface area contributed by atoms with Gasteiger partial charge >= 0.3 is 0 Å². The van der Waals surface area contributed by atoms with Gasteiger partial charge in [0.2, 0.25) is 0 Å². The van der Waals surface area contributed by atoms with Crippen molar-refractivity contribution in [2.75, 3.05) is 46.8 Å². The van der Waals surface area contributed by atoms with Gasteiger partial charge < -0.3 is 15.1 Å². The van der Waals surface area contributed by atoms with Crippen LogP contribution >= 0.6 is 0 Å². The molecule has 126 valence electrons. The molecule has 0 atom stereocenters. The molecule has 0 bridgehead atoms. The van der Waals surface area contributed by atoms with Crippen LogP contribution in [-0.4, -0.2) is 62.7 Å². The number of nitrogens with one attached hydrogen (secondary N) is 1. The summed E-state index contributed by atoms with van der Waals surface area (Å²) < 4.78 is 0. The summed E-state index contributed by atoms with van der Waals surface area (Å²) in [4.78, 5) is 5.02. The number of nitrogens with zero attached hydrogens (tertiary/aromatic N) is 2. The average molecular weight is 298 g/mol. The zero-order valence-electron chi connectivity index (χ0n) is 15.2. The van der Waals surface area contributed by atoms with Gasteiger partial charge in [-0.1, -0.05) is 40.0 Å². The fourth-order valence-electron chi connectivity index (χ4n) is 3.52. The molecular weight excluding hydrogens is 258 g/mol. The first-order valence-electron chi connectivity index (χ1n) is 9.08. The molecule has 0 aromatic carbocycles. The minimum atomic E-state index is 0.518. The van der Waals surface area contributed by atoms with Gasteiger partial charge in [-0.05, 0) is 45.3 Å². The summed E-state index contributed by atoms with van der Waals surface area (Å²) in [6.07, 6.45) is 8.38. The molecule has 0 unspecified atom stereocenters. The highest BCUT2D eigenvalue weighted by molar-refractivity contribution is 4.88. The second-order valence-electron chi connectivity index (χ2n) is 7.68. The van der Waals surface area contributed by atoms with Crippen molar-refractivity contribution in [1.29, 1.82) is 0 Å². The lowest BCUT2D eigenvalue weighted by atomic mass is 9.73. The number of hydrogen-bond acceptors (Lipinski definition) is 3. The van der Waals surface area contributed by atoms with Crippen molar-refractivity contribution >= 4 is 0 Å². The van der Waals surface area contributed by atoms with Gasteiger partial charge in [0.05, 0.1) is 0 Å². The zero-order chi connectivity index (χ0) is 15.7. The van der Waals surface area contributed by atoms with Crippen LogP contribution in [0.2, 0.25) is 0 Å². The number of hydrogen-bond donors (Lipinski definition) is 1. The van der Waals surface area contributed by atoms with E-state index in [0.29, 0.717) is 11.5 Å². The van der Waals surface area contributed by atoms with Crippen LogP contribution in [0, 0.1) is 5.41 Å². The van der Waals surface area contributed by atoms with E-state index in [0.717, 1.165) is 0 Å². The Morgan fingerprint density at radius 2 is 1.67 bits per heavy atom. The van der Waals surface area contributed by atoms with Gasteiger partial charge in [0, 0.05) is 32.2 Å². The maximum Gasteiger partial charge on any atom is 0.0109 e. The second kappa shape index (κ2) is 9.81. The van der Waals surface area contributed by atoms with E-state index in [1.807, 2.05) is 0 Å². The van der Waals surface area contributed by atoms with Gasteiger partial charge in [-0.3, -0.25) is 0 Å². The summed E-state index contributed by atoms with van der Waals surface area (Å²) in [5.41, 5.74) is 0.518. The molecule has 1 aliphatic rings. The van der Waals surface area contributed by atoms with E-state index in [1.165, 1.54) is 71.2 Å². The van der Waals surface area contributed by atoms with Crippen molar-refractivity contribution in [3.05, 3.63) is 0 Å². The molecule has 3 nitrogen and oxygen atoms in total. The SMILES string of the molecule is CCCN(CCN(C)C)CC1(CNC(C)C)CCCCC1. The Balaban J connectivity index is 2.61. The maximum atomic E-state index is 3.73. The summed E-state index contributed by atoms with van der Waals surface area (Å²) in [7, 11) is 4.36. The summed E-state index contributed by atoms with van der Waals surface area (Å²) in [6.45, 7) is 13.0. The molecule has 1 fully saturated rings. The van der Waals surface area contributed by atoms with Crippen molar-refractivity contribution in [2.45, 2.75) is 65.3 Å². The summed E-state index contributed by atoms with van der Waals surface area (Å²) >= 11 is 0. The summed E-state index contributed by atoms with van der Waals surface area (Å²) in [5, 5.41) is 3.73. The van der Waals surface area contributed by atoms with E-state index in [9.17, 15) is 0 Å². The van der Waals surface area contributed by atoms with Crippen LogP contribution in [-0.2, 0) is 0 Å². The van der Waals surface area contributed by atoms with Crippen molar-refractivity contribution in [2.24, 2.45) is 5.41 Å². The van der Waals surface area contributed by atoms with Crippen LogP contribution in [0.5, 0.6) is 0 Å². The Labute approximate surface area is 133 Å². The molecule has 3 heteroatoms. The Bertz CT molecular complexity index is 257. The van der Waals surface area contributed by atoms with Crippen LogP contribution in [0.25, 0.3) is 0 Å². The van der Waals surface area contributed by atoms with Crippen LogP contribution in [0.1, 0.15) is 59.3 Å². The molecule has 1 saturated carbocycles. The van der Waals surface area contributed by atoms with E-state index < -0.39 is 0 Å². The largest absolute Gasteiger partial charge is 0.314 e. The number of likely N-dealkylation sites (N-methyl/N-ethyl adjacent to an activating group) is 1. The van der Waals surface area contributed by atoms with Gasteiger partial charge in [0.1, 0.15) is 0 Å². The predicted octanol–water partition coefficient (Wildman–Crippen LogP) is 3.21. The van der Waals surface area contributed by atoms with E-state index in [2.05, 4.69) is 50.0 Å². The molecule has 0 aliphatic heterocycles. The first-order valence-corrected chi connectivity index (χ1v) is 9.08. The highest BCUT2D eigenvalue weighted by Crippen LogP contribution is 2.36. The smallest absolute Gasteiger partial charge is 0.0109 e. The molecule has 0 radical (unpaired) electrons. The van der Waals surface area contributed by atoms with Crippen LogP contribution in [0.3, 0.4) is 0 Å². The quantitative estimate of drug-likeness (QED) is 0.668. The Hall–Kier alpha value is -0.120. The van der Waals surface area contributed by atoms with Crippen LogP contribution < -0.4 is 5.32 Å². The van der Waals surface area contributed by atoms with Crippen molar-refractivity contribution in [1.82, 2.24) is 15.1 Å². The normalized spacial score (nSPS) is 18.9. The van der Waals surface area contributed by atoms with E-state index in [4.69, 9.17) is 0 Å². The fraction of sp³-hybridized carbons (Fsp3) is 1.00. The van der Waals surface area contributed by atoms with Gasteiger partial charge in [0.25, 0.3) is 0 Å². The lowest BCUT2D eigenvalue weighted by Crippen LogP contribution is -2.48. The third-order valence-electron chi connectivity index (χ3n) is 4.76. The summed E-state index contributed by atoms with van der Waals surface area (Å²) in [5.74, 6) is 0. The molecular formula is C18H39N3. The van der Waals surface area contributed by atoms with Crippen LogP contribution in [0.15, 0.2) is 0 Å². The van der Waals surface area contributed by atoms with Gasteiger partial charge in [-0.25, -0.2) is 0 Å². The molecule has 0 amide bonds. The number of rotatable bonds is 10. The van der Waals surface area contributed by atoms with E-state index in [1.54, 1.807) is 0 Å². The van der Waals surface area contributed by atoms with E-state index >= 15 is 0 Å².